The summed E-state index contributed by atoms with van der Waals surface area (Å²) in [5.41, 5.74) is 1.22. The Balaban J connectivity index is 1.35. The maximum atomic E-state index is 12.3. The minimum absolute atomic E-state index is 0.00293. The van der Waals surface area contributed by atoms with Crippen molar-refractivity contribution in [1.29, 1.82) is 0 Å². The highest BCUT2D eigenvalue weighted by atomic mass is 16.5. The van der Waals surface area contributed by atoms with E-state index in [2.05, 4.69) is 17.0 Å². The van der Waals surface area contributed by atoms with Gasteiger partial charge in [-0.25, -0.2) is 0 Å². The summed E-state index contributed by atoms with van der Waals surface area (Å²) in [6.45, 7) is 5.48. The largest absolute Gasteiger partial charge is 0.378 e. The van der Waals surface area contributed by atoms with E-state index in [1.54, 1.807) is 0 Å². The van der Waals surface area contributed by atoms with E-state index >= 15 is 0 Å². The zero-order chi connectivity index (χ0) is 16.8. The Kier molecular flexibility index (Phi) is 6.24. The van der Waals surface area contributed by atoms with Crippen molar-refractivity contribution in [1.82, 2.24) is 9.80 Å². The maximum Gasteiger partial charge on any atom is 0.229 e. The number of fused-ring (bicyclic) bond motifs is 3. The standard InChI is InChI=1S/C19H28N2O3/c1-20-18-12-21(11-17(19(20)22)14-24-15-18)9-5-6-10-23-13-16-7-3-2-4-8-16/h2-4,7-8,17-18H,5-6,9-15H2,1H3/t17-,18+/m1/s1. The summed E-state index contributed by atoms with van der Waals surface area (Å²) in [6, 6.07) is 10.5. The van der Waals surface area contributed by atoms with Crippen LogP contribution in [0.4, 0.5) is 0 Å². The van der Waals surface area contributed by atoms with E-state index in [0.717, 1.165) is 39.1 Å². The summed E-state index contributed by atoms with van der Waals surface area (Å²) in [4.78, 5) is 16.6. The topological polar surface area (TPSA) is 42.0 Å². The van der Waals surface area contributed by atoms with Crippen molar-refractivity contribution in [2.75, 3.05) is 46.5 Å². The van der Waals surface area contributed by atoms with Crippen molar-refractivity contribution in [3.8, 4) is 0 Å². The van der Waals surface area contributed by atoms with Gasteiger partial charge >= 0.3 is 0 Å². The first-order valence-electron chi connectivity index (χ1n) is 8.92. The first-order chi connectivity index (χ1) is 11.7. The lowest BCUT2D eigenvalue weighted by Crippen LogP contribution is -2.43. The molecule has 0 unspecified atom stereocenters. The van der Waals surface area contributed by atoms with Crippen LogP contribution in [-0.4, -0.2) is 68.3 Å². The fourth-order valence-electron chi connectivity index (χ4n) is 3.47. The van der Waals surface area contributed by atoms with Gasteiger partial charge in [-0.3, -0.25) is 4.79 Å². The van der Waals surface area contributed by atoms with Gasteiger partial charge in [-0.05, 0) is 24.9 Å². The van der Waals surface area contributed by atoms with Crippen molar-refractivity contribution in [3.63, 3.8) is 0 Å². The number of carbonyl (C=O) groups is 1. The number of hydrogen-bond donors (Lipinski definition) is 0. The quantitative estimate of drug-likeness (QED) is 0.714. The van der Waals surface area contributed by atoms with Crippen molar-refractivity contribution < 1.29 is 14.3 Å². The van der Waals surface area contributed by atoms with Gasteiger partial charge in [0, 0.05) is 26.7 Å². The summed E-state index contributed by atoms with van der Waals surface area (Å²) in [6.07, 6.45) is 2.16. The molecule has 0 aliphatic carbocycles. The Morgan fingerprint density at radius 2 is 2.00 bits per heavy atom. The Hall–Kier alpha value is -1.43. The second-order valence-electron chi connectivity index (χ2n) is 6.84. The molecule has 0 spiro atoms. The van der Waals surface area contributed by atoms with Gasteiger partial charge in [-0.1, -0.05) is 30.3 Å². The van der Waals surface area contributed by atoms with Crippen LogP contribution in [0.15, 0.2) is 30.3 Å². The second kappa shape index (κ2) is 8.60. The highest BCUT2D eigenvalue weighted by Gasteiger charge is 2.36. The van der Waals surface area contributed by atoms with Crippen LogP contribution < -0.4 is 0 Å². The van der Waals surface area contributed by atoms with Crippen molar-refractivity contribution in [2.45, 2.75) is 25.5 Å². The third-order valence-corrected chi connectivity index (χ3v) is 4.95. The number of hydrogen-bond acceptors (Lipinski definition) is 4. The van der Waals surface area contributed by atoms with Gasteiger partial charge in [0.15, 0.2) is 0 Å². The number of likely N-dealkylation sites (N-methyl/N-ethyl adjacent to an activating group) is 1. The van der Waals surface area contributed by atoms with E-state index in [-0.39, 0.29) is 17.9 Å². The summed E-state index contributed by atoms with van der Waals surface area (Å²) in [7, 11) is 1.91. The van der Waals surface area contributed by atoms with E-state index in [1.807, 2.05) is 30.1 Å². The average molecular weight is 332 g/mol. The number of rotatable bonds is 7. The molecule has 132 valence electrons. The molecule has 0 aromatic heterocycles. The van der Waals surface area contributed by atoms with E-state index in [0.29, 0.717) is 19.8 Å². The molecule has 1 amide bonds. The van der Waals surface area contributed by atoms with Gasteiger partial charge < -0.3 is 19.3 Å². The molecular formula is C19H28N2O3. The number of carbonyl (C=O) groups excluding carboxylic acids is 1. The van der Waals surface area contributed by atoms with Gasteiger partial charge in [-0.15, -0.1) is 0 Å². The molecule has 2 heterocycles. The van der Waals surface area contributed by atoms with E-state index in [4.69, 9.17) is 9.47 Å². The fraction of sp³-hybridized carbons (Fsp3) is 0.632. The van der Waals surface area contributed by atoms with E-state index in [1.165, 1.54) is 5.56 Å². The SMILES string of the molecule is CN1C(=O)[C@H]2COC[C@@H]1CN(CCCCOCc1ccccc1)C2. The molecule has 2 bridgehead atoms. The number of amides is 1. The predicted molar refractivity (Wildman–Crippen MR) is 92.6 cm³/mol. The predicted octanol–water partition coefficient (Wildman–Crippen LogP) is 1.77. The van der Waals surface area contributed by atoms with Crippen LogP contribution in [0.5, 0.6) is 0 Å². The molecule has 2 fully saturated rings. The third-order valence-electron chi connectivity index (χ3n) is 4.95. The van der Waals surface area contributed by atoms with Gasteiger partial charge in [0.2, 0.25) is 5.91 Å². The summed E-state index contributed by atoms with van der Waals surface area (Å²) < 4.78 is 11.4. The van der Waals surface area contributed by atoms with Crippen LogP contribution in [0.2, 0.25) is 0 Å². The normalized spacial score (nSPS) is 24.9. The lowest BCUT2D eigenvalue weighted by atomic mass is 10.1. The molecule has 0 N–H and O–H groups in total. The molecular weight excluding hydrogens is 304 g/mol. The molecule has 5 nitrogen and oxygen atoms in total. The Bertz CT molecular complexity index is 523. The average Bonchev–Trinajstić information content (AvgIpc) is 2.77. The number of nitrogens with zero attached hydrogens (tertiary/aromatic N) is 2. The molecule has 5 heteroatoms. The van der Waals surface area contributed by atoms with Crippen molar-refractivity contribution in [2.24, 2.45) is 5.92 Å². The molecule has 1 aromatic carbocycles. The lowest BCUT2D eigenvalue weighted by molar-refractivity contribution is -0.133. The number of ether oxygens (including phenoxy) is 2. The van der Waals surface area contributed by atoms with Crippen LogP contribution in [0, 0.1) is 5.92 Å². The van der Waals surface area contributed by atoms with Crippen molar-refractivity contribution >= 4 is 5.91 Å². The smallest absolute Gasteiger partial charge is 0.229 e. The first kappa shape index (κ1) is 17.4. The molecule has 2 aliphatic heterocycles. The Morgan fingerprint density at radius 3 is 2.83 bits per heavy atom. The molecule has 3 rings (SSSR count). The molecule has 2 saturated heterocycles. The number of unbranched alkanes of at least 4 members (excludes halogenated alkanes) is 1. The molecule has 0 radical (unpaired) electrons. The van der Waals surface area contributed by atoms with Gasteiger partial charge in [0.1, 0.15) is 0 Å². The fourth-order valence-corrected chi connectivity index (χ4v) is 3.47. The zero-order valence-electron chi connectivity index (χ0n) is 14.5. The van der Waals surface area contributed by atoms with Crippen LogP contribution in [0.1, 0.15) is 18.4 Å². The van der Waals surface area contributed by atoms with Crippen LogP contribution >= 0.6 is 0 Å². The summed E-state index contributed by atoms with van der Waals surface area (Å²) >= 11 is 0. The van der Waals surface area contributed by atoms with Crippen LogP contribution in [-0.2, 0) is 20.9 Å². The van der Waals surface area contributed by atoms with Gasteiger partial charge in [0.25, 0.3) is 0 Å². The van der Waals surface area contributed by atoms with E-state index in [9.17, 15) is 4.79 Å². The highest BCUT2D eigenvalue weighted by molar-refractivity contribution is 5.79. The summed E-state index contributed by atoms with van der Waals surface area (Å²) in [5.74, 6) is 0.239. The van der Waals surface area contributed by atoms with Gasteiger partial charge in [0.05, 0.1) is 31.8 Å². The van der Waals surface area contributed by atoms with Gasteiger partial charge in [-0.2, -0.15) is 0 Å². The highest BCUT2D eigenvalue weighted by Crippen LogP contribution is 2.19. The minimum Gasteiger partial charge on any atom is -0.378 e. The first-order valence-corrected chi connectivity index (χ1v) is 8.92. The summed E-state index contributed by atoms with van der Waals surface area (Å²) in [5, 5.41) is 0. The van der Waals surface area contributed by atoms with E-state index < -0.39 is 0 Å². The molecule has 0 saturated carbocycles. The number of benzene rings is 1. The molecule has 2 atom stereocenters. The monoisotopic (exact) mass is 332 g/mol. The second-order valence-corrected chi connectivity index (χ2v) is 6.84. The minimum atomic E-state index is -0.00293. The van der Waals surface area contributed by atoms with Crippen molar-refractivity contribution in [3.05, 3.63) is 35.9 Å². The third kappa shape index (κ3) is 4.56. The zero-order valence-corrected chi connectivity index (χ0v) is 14.5. The Labute approximate surface area is 144 Å². The van der Waals surface area contributed by atoms with Crippen LogP contribution in [0.25, 0.3) is 0 Å². The molecule has 24 heavy (non-hydrogen) atoms. The van der Waals surface area contributed by atoms with Crippen LogP contribution in [0.3, 0.4) is 0 Å². The maximum absolute atomic E-state index is 12.3. The lowest BCUT2D eigenvalue weighted by Gasteiger charge is -2.29. The Morgan fingerprint density at radius 1 is 1.17 bits per heavy atom. The molecule has 2 aliphatic rings. The molecule has 1 aromatic rings.